The molecule has 2 aliphatic heterocycles. The van der Waals surface area contributed by atoms with E-state index in [1.807, 2.05) is 38.4 Å². The van der Waals surface area contributed by atoms with E-state index in [1.165, 1.54) is 6.42 Å². The predicted molar refractivity (Wildman–Crippen MR) is 204 cm³/mol. The van der Waals surface area contributed by atoms with Crippen molar-refractivity contribution in [2.45, 2.75) is 104 Å². The minimum atomic E-state index is -0.895. The van der Waals surface area contributed by atoms with E-state index < -0.39 is 24.2 Å². The molecule has 2 aromatic rings. The molecule has 0 radical (unpaired) electrons. The molecule has 4 N–H and O–H groups in total. The van der Waals surface area contributed by atoms with Gasteiger partial charge in [-0.05, 0) is 92.6 Å². The number of nitrogens with one attached hydrogen (secondary N) is 2. The molecular formula is C42H62N4O7. The normalized spacial score (nSPS) is 28.6. The summed E-state index contributed by atoms with van der Waals surface area (Å²) in [6, 6.07) is 8.99. The van der Waals surface area contributed by atoms with Crippen molar-refractivity contribution in [3.8, 4) is 22.6 Å². The highest BCUT2D eigenvalue weighted by molar-refractivity contribution is 5.99. The number of rotatable bonds is 14. The van der Waals surface area contributed by atoms with Crippen molar-refractivity contribution < 1.29 is 34.1 Å². The number of nitrogens with zero attached hydrogens (tertiary/aromatic N) is 2. The zero-order valence-corrected chi connectivity index (χ0v) is 33.1. The van der Waals surface area contributed by atoms with Crippen LogP contribution in [0, 0.1) is 35.0 Å². The smallest absolute Gasteiger partial charge is 0.255 e. The van der Waals surface area contributed by atoms with Crippen LogP contribution in [0.25, 0.3) is 11.1 Å². The van der Waals surface area contributed by atoms with E-state index in [1.54, 1.807) is 19.1 Å². The lowest BCUT2D eigenvalue weighted by Gasteiger charge is -2.62. The Morgan fingerprint density at radius 2 is 1.91 bits per heavy atom. The maximum Gasteiger partial charge on any atom is 0.255 e. The SMILES string of the molecule is COc1c(CN2O[C@@H](CO)[C@@H]([C@H](C)O)[C@H]2C(=O)N[C@@H]2C[C@H]3C[C@@H]([C@@H]2C)C3(C)C)cccc1-c1cc2c(c(C(=O)N[C@@H](CC(C)C)CN(C)C)c1)OCC2. The summed E-state index contributed by atoms with van der Waals surface area (Å²) < 4.78 is 12.1. The number of ether oxygens (including phenoxy) is 2. The van der Waals surface area contributed by atoms with Crippen LogP contribution in [-0.4, -0.2) is 103 Å². The third-order valence-electron chi connectivity index (χ3n) is 12.7. The Morgan fingerprint density at radius 1 is 1.15 bits per heavy atom. The van der Waals surface area contributed by atoms with E-state index in [0.717, 1.165) is 41.6 Å². The number of hydrogen-bond donors (Lipinski definition) is 4. The predicted octanol–water partition coefficient (Wildman–Crippen LogP) is 4.66. The second kappa shape index (κ2) is 15.9. The van der Waals surface area contributed by atoms with Crippen molar-refractivity contribution in [2.24, 2.45) is 35.0 Å². The van der Waals surface area contributed by atoms with Gasteiger partial charge in [0, 0.05) is 42.1 Å². The zero-order valence-electron chi connectivity index (χ0n) is 33.1. The summed E-state index contributed by atoms with van der Waals surface area (Å²) in [5.41, 5.74) is 4.14. The summed E-state index contributed by atoms with van der Waals surface area (Å²) in [5, 5.41) is 29.5. The van der Waals surface area contributed by atoms with Crippen LogP contribution in [0.5, 0.6) is 11.5 Å². The number of carbonyl (C=O) groups excluding carboxylic acids is 2. The summed E-state index contributed by atoms with van der Waals surface area (Å²) in [5.74, 6) is 2.11. The minimum absolute atomic E-state index is 0.0197. The van der Waals surface area contributed by atoms with Crippen LogP contribution in [0.4, 0.5) is 0 Å². The van der Waals surface area contributed by atoms with Crippen LogP contribution in [0.2, 0.25) is 0 Å². The number of methoxy groups -OCH3 is 1. The Labute approximate surface area is 315 Å². The Balaban J connectivity index is 1.29. The van der Waals surface area contributed by atoms with Crippen LogP contribution in [0.1, 0.15) is 82.3 Å². The quantitative estimate of drug-likeness (QED) is 0.219. The zero-order chi connectivity index (χ0) is 38.4. The number of likely N-dealkylation sites (N-methyl/N-ethyl adjacent to an activating group) is 1. The highest BCUT2D eigenvalue weighted by Gasteiger charge is 2.57. The van der Waals surface area contributed by atoms with E-state index >= 15 is 0 Å². The van der Waals surface area contributed by atoms with E-state index in [-0.39, 0.29) is 42.5 Å². The molecule has 0 unspecified atom stereocenters. The monoisotopic (exact) mass is 734 g/mol. The van der Waals surface area contributed by atoms with Gasteiger partial charge in [-0.25, -0.2) is 0 Å². The molecule has 4 fully saturated rings. The molecule has 5 aliphatic rings. The van der Waals surface area contributed by atoms with Gasteiger partial charge in [-0.15, -0.1) is 0 Å². The molecule has 2 aromatic carbocycles. The summed E-state index contributed by atoms with van der Waals surface area (Å²) in [4.78, 5) is 36.6. The van der Waals surface area contributed by atoms with Gasteiger partial charge in [0.1, 0.15) is 23.6 Å². The second-order valence-electron chi connectivity index (χ2n) is 17.4. The van der Waals surface area contributed by atoms with Crippen molar-refractivity contribution in [3.05, 3.63) is 47.0 Å². The van der Waals surface area contributed by atoms with Gasteiger partial charge in [-0.1, -0.05) is 52.8 Å². The first-order chi connectivity index (χ1) is 25.1. The number of hydrogen-bond acceptors (Lipinski definition) is 9. The topological polar surface area (TPSA) is 133 Å². The molecule has 3 aliphatic carbocycles. The maximum atomic E-state index is 14.3. The summed E-state index contributed by atoms with van der Waals surface area (Å²) in [7, 11) is 5.64. The molecule has 9 atom stereocenters. The number of benzene rings is 2. The summed E-state index contributed by atoms with van der Waals surface area (Å²) in [6.45, 7) is 14.0. The van der Waals surface area contributed by atoms with Crippen molar-refractivity contribution in [1.82, 2.24) is 20.6 Å². The molecule has 11 nitrogen and oxygen atoms in total. The standard InChI is InChI=1S/C42H62N4O7/c1-23(2)15-30(21-45(7)8)43-40(49)32-17-28(16-26-13-14-52-39(26)32)31-12-10-11-27(38(31)51-9)20-46-37(36(25(4)48)35(22-47)53-46)41(50)44-34-19-29-18-33(24(34)3)42(29,5)6/h10-12,16-17,23-25,29-30,33-37,47-48H,13-15,18-22H2,1-9H3,(H,43,49)(H,44,50)/t24-,25-,29+,30-,33-,34+,35-,36+,37-/m0/s1. The van der Waals surface area contributed by atoms with Gasteiger partial charge < -0.3 is 35.2 Å². The number of hydroxylamine groups is 2. The average molecular weight is 735 g/mol. The molecule has 2 heterocycles. The Hall–Kier alpha value is -3.22. The number of carbonyl (C=O) groups is 2. The molecule has 2 bridgehead atoms. The number of amides is 2. The maximum absolute atomic E-state index is 14.3. The van der Waals surface area contributed by atoms with Gasteiger partial charge in [0.15, 0.2) is 0 Å². The fraction of sp³-hybridized carbons (Fsp3) is 0.667. The third-order valence-corrected chi connectivity index (χ3v) is 12.7. The van der Waals surface area contributed by atoms with Crippen LogP contribution in [0.3, 0.4) is 0 Å². The molecule has 1 saturated heterocycles. The van der Waals surface area contributed by atoms with Crippen molar-refractivity contribution in [1.29, 1.82) is 0 Å². The van der Waals surface area contributed by atoms with Crippen LogP contribution in [0.15, 0.2) is 30.3 Å². The van der Waals surface area contributed by atoms with E-state index in [9.17, 15) is 19.8 Å². The van der Waals surface area contributed by atoms with Gasteiger partial charge in [0.25, 0.3) is 5.91 Å². The fourth-order valence-electron chi connectivity index (χ4n) is 9.91. The first-order valence-electron chi connectivity index (χ1n) is 19.6. The van der Waals surface area contributed by atoms with Crippen molar-refractivity contribution >= 4 is 11.8 Å². The number of aliphatic hydroxyl groups excluding tert-OH is 2. The lowest BCUT2D eigenvalue weighted by atomic mass is 9.45. The molecule has 7 rings (SSSR count). The lowest BCUT2D eigenvalue weighted by Crippen LogP contribution is -2.62. The molecule has 3 saturated carbocycles. The van der Waals surface area contributed by atoms with Gasteiger partial charge in [0.2, 0.25) is 5.91 Å². The fourth-order valence-corrected chi connectivity index (χ4v) is 9.91. The highest BCUT2D eigenvalue weighted by Crippen LogP contribution is 2.61. The average Bonchev–Trinajstić information content (AvgIpc) is 3.72. The van der Waals surface area contributed by atoms with Gasteiger partial charge >= 0.3 is 0 Å². The van der Waals surface area contributed by atoms with E-state index in [0.29, 0.717) is 53.8 Å². The minimum Gasteiger partial charge on any atom is -0.496 e. The molecule has 0 spiro atoms. The Morgan fingerprint density at radius 3 is 2.53 bits per heavy atom. The largest absolute Gasteiger partial charge is 0.496 e. The van der Waals surface area contributed by atoms with Crippen LogP contribution >= 0.6 is 0 Å². The van der Waals surface area contributed by atoms with Crippen LogP contribution < -0.4 is 20.1 Å². The molecule has 2 amide bonds. The molecule has 292 valence electrons. The summed E-state index contributed by atoms with van der Waals surface area (Å²) in [6.07, 6.45) is 2.04. The molecule has 0 aromatic heterocycles. The van der Waals surface area contributed by atoms with Crippen molar-refractivity contribution in [2.75, 3.05) is 41.0 Å². The first kappa shape index (κ1) is 39.5. The molecular weight excluding hydrogens is 672 g/mol. The molecule has 53 heavy (non-hydrogen) atoms. The van der Waals surface area contributed by atoms with E-state index in [4.69, 9.17) is 14.3 Å². The first-order valence-corrected chi connectivity index (χ1v) is 19.6. The lowest BCUT2D eigenvalue weighted by molar-refractivity contribution is -0.183. The third kappa shape index (κ3) is 7.83. The highest BCUT2D eigenvalue weighted by atomic mass is 16.7. The van der Waals surface area contributed by atoms with Crippen molar-refractivity contribution in [3.63, 3.8) is 0 Å². The van der Waals surface area contributed by atoms with E-state index in [2.05, 4.69) is 56.2 Å². The Kier molecular flexibility index (Phi) is 11.8. The number of aliphatic hydroxyl groups is 2. The molecule has 11 heteroatoms. The van der Waals surface area contributed by atoms with Crippen LogP contribution in [-0.2, 0) is 22.6 Å². The van der Waals surface area contributed by atoms with Gasteiger partial charge in [-0.2, -0.15) is 5.06 Å². The number of fused-ring (bicyclic) bond motifs is 3. The van der Waals surface area contributed by atoms with Gasteiger partial charge in [0.05, 0.1) is 38.5 Å². The summed E-state index contributed by atoms with van der Waals surface area (Å²) >= 11 is 0. The second-order valence-corrected chi connectivity index (χ2v) is 17.4. The number of para-hydroxylation sites is 1. The Bertz CT molecular complexity index is 1630. The van der Waals surface area contributed by atoms with Gasteiger partial charge in [-0.3, -0.25) is 14.4 Å².